The van der Waals surface area contributed by atoms with Crippen molar-refractivity contribution >= 4 is 45.2 Å². The summed E-state index contributed by atoms with van der Waals surface area (Å²) in [7, 11) is 0. The fraction of sp³-hybridized carbons (Fsp3) is 0.0435. The van der Waals surface area contributed by atoms with E-state index >= 15 is 0 Å². The first-order chi connectivity index (χ1) is 14.0. The molecule has 3 aromatic carbocycles. The first-order valence-electron chi connectivity index (χ1n) is 8.70. The highest BCUT2D eigenvalue weighted by atomic mass is 79.9. The monoisotopic (exact) mass is 466 g/mol. The smallest absolute Gasteiger partial charge is 0.266 e. The minimum absolute atomic E-state index is 0.0187. The molecule has 0 aliphatic rings. The summed E-state index contributed by atoms with van der Waals surface area (Å²) in [6, 6.07) is 23.9. The highest BCUT2D eigenvalue weighted by Gasteiger charge is 2.11. The van der Waals surface area contributed by atoms with Gasteiger partial charge in [-0.15, -0.1) is 0 Å². The number of nitrogens with one attached hydrogen (secondary N) is 1. The molecule has 29 heavy (non-hydrogen) atoms. The number of ether oxygens (including phenoxy) is 1. The number of rotatable bonds is 6. The van der Waals surface area contributed by atoms with Gasteiger partial charge in [-0.05, 0) is 63.5 Å². The Bertz CT molecular complexity index is 1090. The minimum atomic E-state index is -0.504. The number of hydrogen-bond acceptors (Lipinski definition) is 3. The van der Waals surface area contributed by atoms with Crippen molar-refractivity contribution < 1.29 is 9.53 Å². The molecule has 0 atom stereocenters. The zero-order chi connectivity index (χ0) is 20.6. The van der Waals surface area contributed by atoms with Crippen LogP contribution in [0.3, 0.4) is 0 Å². The summed E-state index contributed by atoms with van der Waals surface area (Å²) in [6.07, 6.45) is 1.52. The molecule has 0 spiro atoms. The molecule has 1 N–H and O–H groups in total. The van der Waals surface area contributed by atoms with Crippen LogP contribution in [0.4, 0.5) is 5.69 Å². The number of nitrogens with zero attached hydrogens (tertiary/aromatic N) is 1. The van der Waals surface area contributed by atoms with Crippen molar-refractivity contribution in [2.75, 3.05) is 5.32 Å². The average molecular weight is 468 g/mol. The van der Waals surface area contributed by atoms with Crippen molar-refractivity contribution in [1.82, 2.24) is 0 Å². The number of amides is 1. The predicted molar refractivity (Wildman–Crippen MR) is 119 cm³/mol. The van der Waals surface area contributed by atoms with Gasteiger partial charge >= 0.3 is 0 Å². The van der Waals surface area contributed by atoms with E-state index in [2.05, 4.69) is 21.2 Å². The summed E-state index contributed by atoms with van der Waals surface area (Å²) in [5, 5.41) is 12.6. The number of nitriles is 1. The number of carbonyl (C=O) groups is 1. The van der Waals surface area contributed by atoms with Gasteiger partial charge in [0.05, 0.1) is 4.47 Å². The molecule has 0 aromatic heterocycles. The van der Waals surface area contributed by atoms with Crippen molar-refractivity contribution in [3.63, 3.8) is 0 Å². The molecule has 4 nitrogen and oxygen atoms in total. The van der Waals surface area contributed by atoms with Gasteiger partial charge in [0.1, 0.15) is 24.0 Å². The lowest BCUT2D eigenvalue weighted by atomic mass is 10.1. The molecule has 3 rings (SSSR count). The van der Waals surface area contributed by atoms with Crippen LogP contribution in [0.5, 0.6) is 5.75 Å². The van der Waals surface area contributed by atoms with Crippen molar-refractivity contribution in [3.8, 4) is 11.8 Å². The lowest BCUT2D eigenvalue weighted by molar-refractivity contribution is -0.112. The molecule has 0 bridgehead atoms. The van der Waals surface area contributed by atoms with Gasteiger partial charge in [-0.25, -0.2) is 0 Å². The summed E-state index contributed by atoms with van der Waals surface area (Å²) >= 11 is 9.40. The largest absolute Gasteiger partial charge is 0.488 e. The minimum Gasteiger partial charge on any atom is -0.488 e. The van der Waals surface area contributed by atoms with Crippen molar-refractivity contribution in [2.45, 2.75) is 6.61 Å². The maximum absolute atomic E-state index is 12.4. The van der Waals surface area contributed by atoms with Crippen molar-refractivity contribution in [2.24, 2.45) is 0 Å². The molecule has 0 saturated heterocycles. The zero-order valence-corrected chi connectivity index (χ0v) is 17.6. The maximum atomic E-state index is 12.4. The third-order valence-electron chi connectivity index (χ3n) is 3.95. The van der Waals surface area contributed by atoms with Crippen LogP contribution in [0.1, 0.15) is 11.1 Å². The summed E-state index contributed by atoms with van der Waals surface area (Å²) in [5.74, 6) is 0.170. The standard InChI is InChI=1S/C23H16BrClN2O2/c24-21-12-17(9-10-22(21)29-15-16-5-2-1-3-6-16)11-18(14-26)23(28)27-20-8-4-7-19(25)13-20/h1-13H,15H2,(H,27,28)/b18-11+. The predicted octanol–water partition coefficient (Wildman–Crippen LogP) is 6.23. The Labute approximate surface area is 182 Å². The van der Waals surface area contributed by atoms with Crippen LogP contribution in [0.15, 0.2) is 82.8 Å². The molecule has 1 amide bonds. The molecule has 144 valence electrons. The Morgan fingerprint density at radius 3 is 2.59 bits per heavy atom. The fourth-order valence-corrected chi connectivity index (χ4v) is 3.24. The lowest BCUT2D eigenvalue weighted by Gasteiger charge is -2.09. The van der Waals surface area contributed by atoms with E-state index in [0.29, 0.717) is 28.6 Å². The second-order valence-corrected chi connectivity index (χ2v) is 7.39. The SMILES string of the molecule is N#C/C(=C\c1ccc(OCc2ccccc2)c(Br)c1)C(=O)Nc1cccc(Cl)c1. The van der Waals surface area contributed by atoms with Gasteiger partial charge in [0.2, 0.25) is 0 Å². The molecule has 0 unspecified atom stereocenters. The summed E-state index contributed by atoms with van der Waals surface area (Å²) < 4.78 is 6.55. The molecule has 0 radical (unpaired) electrons. The molecule has 0 fully saturated rings. The van der Waals surface area contributed by atoms with Gasteiger partial charge in [-0.2, -0.15) is 5.26 Å². The molecule has 0 heterocycles. The van der Waals surface area contributed by atoms with Gasteiger partial charge in [-0.1, -0.05) is 54.1 Å². The van der Waals surface area contributed by atoms with Crippen LogP contribution in [0.2, 0.25) is 5.02 Å². The molecular weight excluding hydrogens is 452 g/mol. The molecule has 3 aromatic rings. The van der Waals surface area contributed by atoms with E-state index in [1.165, 1.54) is 6.08 Å². The Morgan fingerprint density at radius 1 is 1.10 bits per heavy atom. The third-order valence-corrected chi connectivity index (χ3v) is 4.81. The molecule has 0 aliphatic heterocycles. The fourth-order valence-electron chi connectivity index (χ4n) is 2.54. The van der Waals surface area contributed by atoms with E-state index in [9.17, 15) is 10.1 Å². The maximum Gasteiger partial charge on any atom is 0.266 e. The summed E-state index contributed by atoms with van der Waals surface area (Å²) in [5.41, 5.74) is 2.26. The number of carbonyl (C=O) groups excluding carboxylic acids is 1. The van der Waals surface area contributed by atoms with E-state index in [-0.39, 0.29) is 5.57 Å². The number of hydrogen-bond donors (Lipinski definition) is 1. The van der Waals surface area contributed by atoms with E-state index < -0.39 is 5.91 Å². The molecule has 6 heteroatoms. The molecule has 0 aliphatic carbocycles. The molecule has 0 saturated carbocycles. The van der Waals surface area contributed by atoms with Crippen molar-refractivity contribution in [1.29, 1.82) is 5.26 Å². The van der Waals surface area contributed by atoms with Crippen molar-refractivity contribution in [3.05, 3.63) is 99.0 Å². The van der Waals surface area contributed by atoms with E-state index in [4.69, 9.17) is 16.3 Å². The van der Waals surface area contributed by atoms with Crippen LogP contribution in [-0.2, 0) is 11.4 Å². The molecular formula is C23H16BrClN2O2. The highest BCUT2D eigenvalue weighted by Crippen LogP contribution is 2.28. The van der Waals surface area contributed by atoms with Crippen LogP contribution in [-0.4, -0.2) is 5.91 Å². The number of benzene rings is 3. The van der Waals surface area contributed by atoms with E-state index in [1.54, 1.807) is 42.5 Å². The van der Waals surface area contributed by atoms with Gasteiger partial charge in [-0.3, -0.25) is 4.79 Å². The van der Waals surface area contributed by atoms with Gasteiger partial charge < -0.3 is 10.1 Å². The zero-order valence-electron chi connectivity index (χ0n) is 15.2. The lowest BCUT2D eigenvalue weighted by Crippen LogP contribution is -2.13. The summed E-state index contributed by atoms with van der Waals surface area (Å²) in [4.78, 5) is 12.4. The first kappa shape index (κ1) is 20.7. The second-order valence-electron chi connectivity index (χ2n) is 6.10. The normalized spacial score (nSPS) is 10.9. The Balaban J connectivity index is 1.71. The third kappa shape index (κ3) is 5.95. The van der Waals surface area contributed by atoms with Gasteiger partial charge in [0.25, 0.3) is 5.91 Å². The van der Waals surface area contributed by atoms with E-state index in [0.717, 1.165) is 10.0 Å². The quantitative estimate of drug-likeness (QED) is 0.345. The van der Waals surface area contributed by atoms with Crippen LogP contribution >= 0.6 is 27.5 Å². The van der Waals surface area contributed by atoms with Gasteiger partial charge in [0.15, 0.2) is 0 Å². The Morgan fingerprint density at radius 2 is 1.90 bits per heavy atom. The van der Waals surface area contributed by atoms with Gasteiger partial charge in [0, 0.05) is 10.7 Å². The van der Waals surface area contributed by atoms with Crippen LogP contribution in [0, 0.1) is 11.3 Å². The van der Waals surface area contributed by atoms with Crippen LogP contribution in [0.25, 0.3) is 6.08 Å². The summed E-state index contributed by atoms with van der Waals surface area (Å²) in [6.45, 7) is 0.445. The number of halogens is 2. The van der Waals surface area contributed by atoms with Crippen LogP contribution < -0.4 is 10.1 Å². The highest BCUT2D eigenvalue weighted by molar-refractivity contribution is 9.10. The Kier molecular flexibility index (Phi) is 7.07. The Hall–Kier alpha value is -3.07. The number of anilines is 1. The first-order valence-corrected chi connectivity index (χ1v) is 9.87. The second kappa shape index (κ2) is 9.92. The topological polar surface area (TPSA) is 62.1 Å². The van der Waals surface area contributed by atoms with E-state index in [1.807, 2.05) is 36.4 Å². The average Bonchev–Trinajstić information content (AvgIpc) is 2.72.